The van der Waals surface area contributed by atoms with Crippen molar-refractivity contribution in [2.45, 2.75) is 37.5 Å². The zero-order valence-electron chi connectivity index (χ0n) is 14.9. The number of fused-ring (bicyclic) bond motifs is 3. The van der Waals surface area contributed by atoms with E-state index < -0.39 is 43.7 Å². The number of halogens is 3. The van der Waals surface area contributed by atoms with Crippen LogP contribution in [-0.4, -0.2) is 26.8 Å². The molecule has 3 aromatic rings. The number of hydrogen-bond acceptors (Lipinski definition) is 4. The van der Waals surface area contributed by atoms with Gasteiger partial charge in [-0.15, -0.1) is 0 Å². The summed E-state index contributed by atoms with van der Waals surface area (Å²) < 4.78 is 58.7. The predicted molar refractivity (Wildman–Crippen MR) is 105 cm³/mol. The molecule has 0 saturated heterocycles. The first-order chi connectivity index (χ1) is 13.7. The van der Waals surface area contributed by atoms with Crippen LogP contribution in [0.5, 0.6) is 0 Å². The number of nitrogens with zero attached hydrogens (tertiary/aromatic N) is 3. The average Bonchev–Trinajstić information content (AvgIpc) is 3.33. The van der Waals surface area contributed by atoms with E-state index in [1.807, 2.05) is 0 Å². The smallest absolute Gasteiger partial charge is 0.308 e. The van der Waals surface area contributed by atoms with Crippen molar-refractivity contribution >= 4 is 37.0 Å². The van der Waals surface area contributed by atoms with Crippen molar-refractivity contribution in [1.82, 2.24) is 13.1 Å². The number of benzene rings is 1. The highest BCUT2D eigenvalue weighted by Gasteiger charge is 2.42. The Morgan fingerprint density at radius 1 is 1.10 bits per heavy atom. The molecule has 0 bridgehead atoms. The zero-order chi connectivity index (χ0) is 20.7. The molecule has 3 heterocycles. The fourth-order valence-corrected chi connectivity index (χ4v) is 6.05. The lowest BCUT2D eigenvalue weighted by atomic mass is 10.2. The van der Waals surface area contributed by atoms with Crippen LogP contribution in [0, 0.1) is 11.6 Å². The van der Waals surface area contributed by atoms with Crippen molar-refractivity contribution in [2.75, 3.05) is 0 Å². The van der Waals surface area contributed by atoms with E-state index in [-0.39, 0.29) is 23.4 Å². The van der Waals surface area contributed by atoms with Crippen molar-refractivity contribution in [3.8, 4) is 5.69 Å². The van der Waals surface area contributed by atoms with E-state index in [2.05, 4.69) is 15.9 Å². The third-order valence-corrected chi connectivity index (χ3v) is 8.06. The van der Waals surface area contributed by atoms with Gasteiger partial charge in [0.15, 0.2) is 0 Å². The summed E-state index contributed by atoms with van der Waals surface area (Å²) >= 11 is 3.11. The Balaban J connectivity index is 2.03. The lowest BCUT2D eigenvalue weighted by molar-refractivity contribution is 0.582. The first-order valence-electron chi connectivity index (χ1n) is 9.02. The number of pyridine rings is 1. The summed E-state index contributed by atoms with van der Waals surface area (Å²) in [6.07, 6.45) is 1.62. The number of rotatable bonds is 3. The summed E-state index contributed by atoms with van der Waals surface area (Å²) in [5.74, 6) is -2.13. The van der Waals surface area contributed by atoms with Gasteiger partial charge in [0.05, 0.1) is 10.9 Å². The van der Waals surface area contributed by atoms with Gasteiger partial charge in [0.25, 0.3) is 5.56 Å². The normalized spacial score (nSPS) is 16.5. The molecule has 152 valence electrons. The molecular formula is C18H14BrF2N3O4S. The Labute approximate surface area is 171 Å². The van der Waals surface area contributed by atoms with Gasteiger partial charge in [0.1, 0.15) is 16.9 Å². The maximum absolute atomic E-state index is 15.2. The van der Waals surface area contributed by atoms with E-state index in [9.17, 15) is 22.4 Å². The molecule has 0 N–H and O–H groups in total. The number of aryl methyl sites for hydroxylation is 1. The van der Waals surface area contributed by atoms with Crippen LogP contribution < -0.4 is 11.2 Å². The van der Waals surface area contributed by atoms with Gasteiger partial charge in [-0.3, -0.25) is 9.36 Å². The molecule has 1 aromatic carbocycles. The van der Waals surface area contributed by atoms with Crippen molar-refractivity contribution in [3.63, 3.8) is 0 Å². The van der Waals surface area contributed by atoms with Crippen LogP contribution in [0.3, 0.4) is 0 Å². The minimum Gasteiger partial charge on any atom is -0.308 e. The molecule has 2 aromatic heterocycles. The summed E-state index contributed by atoms with van der Waals surface area (Å²) in [6, 6.07) is 3.76. The Hall–Kier alpha value is -2.27. The maximum atomic E-state index is 15.2. The summed E-state index contributed by atoms with van der Waals surface area (Å²) in [6.45, 7) is 0.233. The molecule has 7 nitrogen and oxygen atoms in total. The second kappa shape index (κ2) is 6.11. The summed E-state index contributed by atoms with van der Waals surface area (Å²) in [4.78, 5) is 25.8. The fraction of sp³-hybridized carbons (Fsp3) is 0.333. The van der Waals surface area contributed by atoms with E-state index in [4.69, 9.17) is 0 Å². The highest BCUT2D eigenvalue weighted by atomic mass is 79.9. The predicted octanol–water partition coefficient (Wildman–Crippen LogP) is 2.28. The summed E-state index contributed by atoms with van der Waals surface area (Å²) in [7, 11) is -4.11. The molecule has 1 saturated carbocycles. The van der Waals surface area contributed by atoms with E-state index >= 15 is 4.39 Å². The molecule has 2 aliphatic rings. The standard InChI is InChI=1S/C18H14BrF2N3O4S/c19-9-3-6-12(11(20)8-9)23-16-14(21)17(25)22-7-1-2-13(22)15(16)24(18(23)26)29(27,28)10-4-5-10/h3,6,8,10H,1-2,4-5,7H2. The van der Waals surface area contributed by atoms with Crippen molar-refractivity contribution in [3.05, 3.63) is 60.8 Å². The third kappa shape index (κ3) is 2.53. The maximum Gasteiger partial charge on any atom is 0.347 e. The van der Waals surface area contributed by atoms with Gasteiger partial charge in [-0.25, -0.2) is 17.6 Å². The average molecular weight is 486 g/mol. The molecule has 0 radical (unpaired) electrons. The first kappa shape index (κ1) is 18.7. The van der Waals surface area contributed by atoms with E-state index in [1.165, 1.54) is 12.1 Å². The van der Waals surface area contributed by atoms with Gasteiger partial charge in [-0.05, 0) is 43.9 Å². The molecule has 1 fully saturated rings. The first-order valence-corrected chi connectivity index (χ1v) is 11.3. The Morgan fingerprint density at radius 3 is 2.48 bits per heavy atom. The SMILES string of the molecule is O=c1c(F)c2c(c3n1CCC3)n(S(=O)(=O)C1CC1)c(=O)n2-c1ccc(Br)cc1F. The Morgan fingerprint density at radius 2 is 1.83 bits per heavy atom. The molecule has 0 atom stereocenters. The van der Waals surface area contributed by atoms with E-state index in [0.717, 1.165) is 10.6 Å². The van der Waals surface area contributed by atoms with Gasteiger partial charge in [0, 0.05) is 16.7 Å². The van der Waals surface area contributed by atoms with Crippen molar-refractivity contribution < 1.29 is 17.2 Å². The van der Waals surface area contributed by atoms with Crippen LogP contribution >= 0.6 is 15.9 Å². The molecule has 0 unspecified atom stereocenters. The van der Waals surface area contributed by atoms with Crippen LogP contribution in [-0.2, 0) is 23.0 Å². The molecular weight excluding hydrogens is 472 g/mol. The van der Waals surface area contributed by atoms with Crippen LogP contribution in [0.4, 0.5) is 8.78 Å². The third-order valence-electron chi connectivity index (χ3n) is 5.40. The highest BCUT2D eigenvalue weighted by molar-refractivity contribution is 9.10. The van der Waals surface area contributed by atoms with Gasteiger partial charge < -0.3 is 4.57 Å². The summed E-state index contributed by atoms with van der Waals surface area (Å²) in [5, 5.41) is -0.744. The molecule has 0 amide bonds. The van der Waals surface area contributed by atoms with Gasteiger partial charge in [-0.1, -0.05) is 15.9 Å². The van der Waals surface area contributed by atoms with E-state index in [1.54, 1.807) is 0 Å². The number of aromatic nitrogens is 3. The van der Waals surface area contributed by atoms with Crippen LogP contribution in [0.2, 0.25) is 0 Å². The van der Waals surface area contributed by atoms with Gasteiger partial charge in [0.2, 0.25) is 15.8 Å². The van der Waals surface area contributed by atoms with E-state index in [0.29, 0.717) is 38.7 Å². The second-order valence-electron chi connectivity index (χ2n) is 7.24. The quantitative estimate of drug-likeness (QED) is 0.569. The summed E-state index contributed by atoms with van der Waals surface area (Å²) in [5.41, 5.74) is -2.76. The molecule has 1 aliphatic heterocycles. The van der Waals surface area contributed by atoms with Gasteiger partial charge >= 0.3 is 5.69 Å². The fourth-order valence-electron chi connectivity index (χ4n) is 3.94. The monoisotopic (exact) mass is 485 g/mol. The highest BCUT2D eigenvalue weighted by Crippen LogP contribution is 2.34. The molecule has 1 aliphatic carbocycles. The van der Waals surface area contributed by atoms with Crippen LogP contribution in [0.15, 0.2) is 32.3 Å². The van der Waals surface area contributed by atoms with Crippen LogP contribution in [0.25, 0.3) is 16.7 Å². The van der Waals surface area contributed by atoms with Gasteiger partial charge in [-0.2, -0.15) is 8.36 Å². The lowest BCUT2D eigenvalue weighted by Gasteiger charge is -2.09. The minimum atomic E-state index is -4.11. The minimum absolute atomic E-state index is 0.168. The number of hydrogen-bond donors (Lipinski definition) is 0. The largest absolute Gasteiger partial charge is 0.347 e. The number of imidazole rings is 1. The Bertz CT molecular complexity index is 1430. The Kier molecular flexibility index (Phi) is 3.95. The second-order valence-corrected chi connectivity index (χ2v) is 10.2. The molecule has 29 heavy (non-hydrogen) atoms. The molecule has 5 rings (SSSR count). The molecule has 11 heteroatoms. The molecule has 0 spiro atoms. The van der Waals surface area contributed by atoms with Crippen LogP contribution in [0.1, 0.15) is 25.0 Å². The zero-order valence-corrected chi connectivity index (χ0v) is 17.3. The van der Waals surface area contributed by atoms with Crippen molar-refractivity contribution in [2.24, 2.45) is 0 Å². The lowest BCUT2D eigenvalue weighted by Crippen LogP contribution is -2.31. The van der Waals surface area contributed by atoms with Crippen molar-refractivity contribution in [1.29, 1.82) is 0 Å². The topological polar surface area (TPSA) is 83.1 Å².